The highest BCUT2D eigenvalue weighted by Gasteiger charge is 1.81. The molecule has 64 valence electrons. The Bertz CT molecular complexity index is 49.0. The largest absolute Gasteiger partial charge is 0.379 e. The zero-order valence-electron chi connectivity index (χ0n) is 6.96. The maximum absolute atomic E-state index is 8.14. The number of nitrogens with two attached hydrogens (primary N) is 2. The zero-order valence-corrected chi connectivity index (χ0v) is 6.96. The summed E-state index contributed by atoms with van der Waals surface area (Å²) >= 11 is 0. The number of hydrogen-bond acceptors (Lipinski definition) is 4. The van der Waals surface area contributed by atoms with Crippen LogP contribution in [0.1, 0.15) is 27.2 Å². The molecule has 0 amide bonds. The van der Waals surface area contributed by atoms with Crippen molar-refractivity contribution in [2.75, 3.05) is 0 Å². The van der Waals surface area contributed by atoms with Gasteiger partial charge in [-0.2, -0.15) is 0 Å². The van der Waals surface area contributed by atoms with Crippen molar-refractivity contribution < 1.29 is 5.11 Å². The van der Waals surface area contributed by atoms with E-state index in [1.165, 1.54) is 0 Å². The molecule has 0 heterocycles. The summed E-state index contributed by atoms with van der Waals surface area (Å²) in [5.74, 6) is 4.92. The van der Waals surface area contributed by atoms with Crippen molar-refractivity contribution in [1.82, 2.24) is 5.43 Å². The fourth-order valence-corrected chi connectivity index (χ4v) is 0. The first-order valence-corrected chi connectivity index (χ1v) is 3.44. The molecule has 0 saturated heterocycles. The van der Waals surface area contributed by atoms with E-state index in [0.29, 0.717) is 12.5 Å². The van der Waals surface area contributed by atoms with Gasteiger partial charge in [0.2, 0.25) is 0 Å². The van der Waals surface area contributed by atoms with Crippen LogP contribution in [0.15, 0.2) is 0 Å². The van der Waals surface area contributed by atoms with E-state index < -0.39 is 6.23 Å². The number of rotatable bonds is 2. The SMILES string of the molecule is CC(C)NN.CCC(N)O. The molecular weight excluding hydrogens is 130 g/mol. The van der Waals surface area contributed by atoms with Gasteiger partial charge in [0.1, 0.15) is 6.23 Å². The van der Waals surface area contributed by atoms with Crippen LogP contribution in [0.3, 0.4) is 0 Å². The molecule has 0 saturated carbocycles. The maximum Gasteiger partial charge on any atom is 0.102 e. The standard InChI is InChI=1S/C3H10N2.C3H9NO/c1-3(2)5-4;1-2-3(4)5/h3,5H,4H2,1-2H3;3,5H,2,4H2,1H3. The van der Waals surface area contributed by atoms with Crippen LogP contribution in [-0.4, -0.2) is 17.4 Å². The van der Waals surface area contributed by atoms with E-state index in [0.717, 1.165) is 0 Å². The number of hydrogen-bond donors (Lipinski definition) is 4. The number of aliphatic hydroxyl groups is 1. The second-order valence-electron chi connectivity index (χ2n) is 2.30. The fourth-order valence-electron chi connectivity index (χ4n) is 0. The Labute approximate surface area is 62.6 Å². The third-order valence-electron chi connectivity index (χ3n) is 0.752. The second-order valence-corrected chi connectivity index (χ2v) is 2.30. The third-order valence-corrected chi connectivity index (χ3v) is 0.752. The Balaban J connectivity index is 0. The van der Waals surface area contributed by atoms with Gasteiger partial charge in [-0.15, -0.1) is 0 Å². The predicted molar refractivity (Wildman–Crippen MR) is 42.9 cm³/mol. The summed E-state index contributed by atoms with van der Waals surface area (Å²) in [5.41, 5.74) is 7.38. The lowest BCUT2D eigenvalue weighted by atomic mass is 10.4. The average molecular weight is 149 g/mol. The molecule has 1 atom stereocenters. The van der Waals surface area contributed by atoms with E-state index in [2.05, 4.69) is 5.43 Å². The summed E-state index contributed by atoms with van der Waals surface area (Å²) < 4.78 is 0. The summed E-state index contributed by atoms with van der Waals surface area (Å²) in [6, 6.07) is 0.412. The molecule has 4 heteroatoms. The minimum absolute atomic E-state index is 0.412. The van der Waals surface area contributed by atoms with Gasteiger partial charge in [-0.3, -0.25) is 11.3 Å². The van der Waals surface area contributed by atoms with Crippen molar-refractivity contribution in [3.63, 3.8) is 0 Å². The molecule has 6 N–H and O–H groups in total. The van der Waals surface area contributed by atoms with E-state index in [9.17, 15) is 0 Å². The molecule has 0 aromatic carbocycles. The molecule has 0 rings (SSSR count). The summed E-state index contributed by atoms with van der Waals surface area (Å²) in [5, 5.41) is 8.14. The summed E-state index contributed by atoms with van der Waals surface area (Å²) in [6.45, 7) is 5.80. The van der Waals surface area contributed by atoms with E-state index in [1.807, 2.05) is 20.8 Å². The van der Waals surface area contributed by atoms with Gasteiger partial charge in [-0.1, -0.05) is 6.92 Å². The lowest BCUT2D eigenvalue weighted by molar-refractivity contribution is 0.178. The molecule has 0 aliphatic heterocycles. The van der Waals surface area contributed by atoms with E-state index in [1.54, 1.807) is 0 Å². The Morgan fingerprint density at radius 3 is 1.70 bits per heavy atom. The molecule has 0 aliphatic rings. The average Bonchev–Trinajstić information content (AvgIpc) is 1.89. The van der Waals surface area contributed by atoms with Gasteiger partial charge in [-0.05, 0) is 20.3 Å². The Morgan fingerprint density at radius 1 is 1.50 bits per heavy atom. The molecule has 4 nitrogen and oxygen atoms in total. The molecule has 0 radical (unpaired) electrons. The number of nitrogens with one attached hydrogen (secondary N) is 1. The second kappa shape index (κ2) is 8.84. The van der Waals surface area contributed by atoms with Gasteiger partial charge in [0.15, 0.2) is 0 Å². The van der Waals surface area contributed by atoms with Gasteiger partial charge in [0.05, 0.1) is 0 Å². The quantitative estimate of drug-likeness (QED) is 0.243. The lowest BCUT2D eigenvalue weighted by Gasteiger charge is -1.95. The van der Waals surface area contributed by atoms with Gasteiger partial charge >= 0.3 is 0 Å². The first-order chi connectivity index (χ1) is 4.54. The molecule has 0 bridgehead atoms. The van der Waals surface area contributed by atoms with Crippen molar-refractivity contribution in [2.24, 2.45) is 11.6 Å². The van der Waals surface area contributed by atoms with Gasteiger partial charge < -0.3 is 10.8 Å². The molecule has 0 aliphatic carbocycles. The normalized spacial score (nSPS) is 12.3. The van der Waals surface area contributed by atoms with Crippen LogP contribution < -0.4 is 17.0 Å². The van der Waals surface area contributed by atoms with Crippen LogP contribution in [0.2, 0.25) is 0 Å². The molecule has 0 aromatic heterocycles. The number of hydrazine groups is 1. The first-order valence-electron chi connectivity index (χ1n) is 3.44. The highest BCUT2D eigenvalue weighted by Crippen LogP contribution is 1.72. The molecule has 10 heavy (non-hydrogen) atoms. The monoisotopic (exact) mass is 149 g/mol. The van der Waals surface area contributed by atoms with Crippen molar-refractivity contribution in [3.05, 3.63) is 0 Å². The molecular formula is C6H19N3O. The van der Waals surface area contributed by atoms with E-state index in [-0.39, 0.29) is 0 Å². The Hall–Kier alpha value is -0.160. The molecule has 0 spiro atoms. The minimum Gasteiger partial charge on any atom is -0.379 e. The van der Waals surface area contributed by atoms with Crippen LogP contribution in [0.25, 0.3) is 0 Å². The molecule has 1 unspecified atom stereocenters. The summed E-state index contributed by atoms with van der Waals surface area (Å²) in [6.07, 6.45) is 0.0231. The zero-order chi connectivity index (χ0) is 8.57. The highest BCUT2D eigenvalue weighted by molar-refractivity contribution is 4.38. The molecule has 0 fully saturated rings. The Kier molecular flexibility index (Phi) is 11.1. The van der Waals surface area contributed by atoms with Crippen LogP contribution >= 0.6 is 0 Å². The topological polar surface area (TPSA) is 84.3 Å². The third kappa shape index (κ3) is 24.9. The van der Waals surface area contributed by atoms with Crippen molar-refractivity contribution in [3.8, 4) is 0 Å². The van der Waals surface area contributed by atoms with Gasteiger partial charge in [-0.25, -0.2) is 0 Å². The smallest absolute Gasteiger partial charge is 0.102 e. The summed E-state index contributed by atoms with van der Waals surface area (Å²) in [4.78, 5) is 0. The van der Waals surface area contributed by atoms with Gasteiger partial charge in [0.25, 0.3) is 0 Å². The molecule has 0 aromatic rings. The van der Waals surface area contributed by atoms with Crippen LogP contribution in [-0.2, 0) is 0 Å². The van der Waals surface area contributed by atoms with Crippen LogP contribution in [0, 0.1) is 0 Å². The maximum atomic E-state index is 8.14. The van der Waals surface area contributed by atoms with Crippen LogP contribution in [0.5, 0.6) is 0 Å². The first kappa shape index (κ1) is 12.5. The fraction of sp³-hybridized carbons (Fsp3) is 1.00. The van der Waals surface area contributed by atoms with Gasteiger partial charge in [0, 0.05) is 6.04 Å². The lowest BCUT2D eigenvalue weighted by Crippen LogP contribution is -2.29. The van der Waals surface area contributed by atoms with Crippen molar-refractivity contribution in [2.45, 2.75) is 39.5 Å². The van der Waals surface area contributed by atoms with Crippen LogP contribution in [0.4, 0.5) is 0 Å². The Morgan fingerprint density at radius 2 is 1.70 bits per heavy atom. The predicted octanol–water partition coefficient (Wildman–Crippen LogP) is -0.468. The summed E-state index contributed by atoms with van der Waals surface area (Å²) in [7, 11) is 0. The number of aliphatic hydroxyl groups excluding tert-OH is 1. The van der Waals surface area contributed by atoms with E-state index >= 15 is 0 Å². The van der Waals surface area contributed by atoms with Crippen molar-refractivity contribution >= 4 is 0 Å². The van der Waals surface area contributed by atoms with E-state index in [4.69, 9.17) is 16.7 Å². The minimum atomic E-state index is -0.616. The highest BCUT2D eigenvalue weighted by atomic mass is 16.3. The van der Waals surface area contributed by atoms with Crippen molar-refractivity contribution in [1.29, 1.82) is 0 Å².